The van der Waals surface area contributed by atoms with Crippen LogP contribution >= 0.6 is 0 Å². The highest BCUT2D eigenvalue weighted by Gasteiger charge is 2.07. The maximum atomic E-state index is 11.5. The Hall–Kier alpha value is -1.58. The lowest BCUT2D eigenvalue weighted by molar-refractivity contribution is 0.586. The van der Waals surface area contributed by atoms with Gasteiger partial charge in [0.15, 0.2) is 0 Å². The van der Waals surface area contributed by atoms with Crippen molar-refractivity contribution in [2.75, 3.05) is 11.3 Å². The van der Waals surface area contributed by atoms with Crippen molar-refractivity contribution in [2.24, 2.45) is 0 Å². The van der Waals surface area contributed by atoms with Crippen molar-refractivity contribution in [2.45, 2.75) is 19.8 Å². The third kappa shape index (κ3) is 4.85. The van der Waals surface area contributed by atoms with Gasteiger partial charge in [-0.2, -0.15) is 18.4 Å². The first-order chi connectivity index (χ1) is 8.07. The molecule has 0 radical (unpaired) electrons. The number of benzene rings is 1. The molecular weight excluding hydrogens is 238 g/mol. The molecule has 6 heteroatoms. The summed E-state index contributed by atoms with van der Waals surface area (Å²) in [5, 5.41) is 8.50. The topological polar surface area (TPSA) is 82.0 Å². The van der Waals surface area contributed by atoms with Crippen molar-refractivity contribution >= 4 is 15.9 Å². The normalized spacial score (nSPS) is 10.8. The molecule has 0 bridgehead atoms. The highest BCUT2D eigenvalue weighted by Crippen LogP contribution is 2.10. The molecule has 1 aromatic carbocycles. The SMILES string of the molecule is CCCNS(=O)(=O)Nc1ccc(CC#N)cc1. The van der Waals surface area contributed by atoms with Gasteiger partial charge >= 0.3 is 0 Å². The molecule has 0 saturated carbocycles. The van der Waals surface area contributed by atoms with Crippen LogP contribution in [-0.2, 0) is 16.6 Å². The Labute approximate surface area is 102 Å². The molecule has 0 spiro atoms. The minimum Gasteiger partial charge on any atom is -0.271 e. The molecule has 17 heavy (non-hydrogen) atoms. The van der Waals surface area contributed by atoms with Gasteiger partial charge < -0.3 is 0 Å². The minimum atomic E-state index is -3.49. The van der Waals surface area contributed by atoms with Crippen LogP contribution in [0.1, 0.15) is 18.9 Å². The number of anilines is 1. The molecule has 0 fully saturated rings. The monoisotopic (exact) mass is 253 g/mol. The Morgan fingerprint density at radius 3 is 2.47 bits per heavy atom. The zero-order chi connectivity index (χ0) is 12.7. The average molecular weight is 253 g/mol. The maximum Gasteiger partial charge on any atom is 0.299 e. The van der Waals surface area contributed by atoms with E-state index in [4.69, 9.17) is 5.26 Å². The van der Waals surface area contributed by atoms with Crippen molar-refractivity contribution in [1.82, 2.24) is 4.72 Å². The van der Waals surface area contributed by atoms with Gasteiger partial charge in [0.05, 0.1) is 12.5 Å². The molecule has 0 amide bonds. The summed E-state index contributed by atoms with van der Waals surface area (Å²) < 4.78 is 27.8. The van der Waals surface area contributed by atoms with Gasteiger partial charge in [-0.15, -0.1) is 0 Å². The van der Waals surface area contributed by atoms with Gasteiger partial charge in [0.25, 0.3) is 10.2 Å². The molecule has 0 aliphatic heterocycles. The van der Waals surface area contributed by atoms with Gasteiger partial charge in [0.2, 0.25) is 0 Å². The molecule has 0 heterocycles. The Morgan fingerprint density at radius 1 is 1.29 bits per heavy atom. The van der Waals surface area contributed by atoms with Crippen LogP contribution < -0.4 is 9.44 Å². The first kappa shape index (κ1) is 13.5. The van der Waals surface area contributed by atoms with Crippen LogP contribution in [0.25, 0.3) is 0 Å². The van der Waals surface area contributed by atoms with Gasteiger partial charge in [-0.05, 0) is 24.1 Å². The van der Waals surface area contributed by atoms with Crippen molar-refractivity contribution in [3.05, 3.63) is 29.8 Å². The minimum absolute atomic E-state index is 0.321. The van der Waals surface area contributed by atoms with E-state index in [9.17, 15) is 8.42 Å². The summed E-state index contributed by atoms with van der Waals surface area (Å²) in [7, 11) is -3.49. The summed E-state index contributed by atoms with van der Waals surface area (Å²) in [4.78, 5) is 0. The number of hydrogen-bond acceptors (Lipinski definition) is 3. The number of nitrogens with zero attached hydrogens (tertiary/aromatic N) is 1. The van der Waals surface area contributed by atoms with E-state index in [0.29, 0.717) is 18.7 Å². The van der Waals surface area contributed by atoms with E-state index in [-0.39, 0.29) is 0 Å². The van der Waals surface area contributed by atoms with Crippen molar-refractivity contribution < 1.29 is 8.42 Å². The molecule has 5 nitrogen and oxygen atoms in total. The highest BCUT2D eigenvalue weighted by atomic mass is 32.2. The Morgan fingerprint density at radius 2 is 1.94 bits per heavy atom. The van der Waals surface area contributed by atoms with Crippen molar-refractivity contribution in [3.63, 3.8) is 0 Å². The summed E-state index contributed by atoms with van der Waals surface area (Å²) in [6.45, 7) is 2.29. The first-order valence-electron chi connectivity index (χ1n) is 5.30. The summed E-state index contributed by atoms with van der Waals surface area (Å²) in [5.74, 6) is 0. The van der Waals surface area contributed by atoms with Crippen LogP contribution in [0.5, 0.6) is 0 Å². The Bertz CT molecular complexity index is 488. The largest absolute Gasteiger partial charge is 0.299 e. The van der Waals surface area contributed by atoms with Crippen LogP contribution in [0, 0.1) is 11.3 Å². The second-order valence-electron chi connectivity index (χ2n) is 3.53. The molecule has 0 aliphatic carbocycles. The molecule has 1 aromatic rings. The van der Waals surface area contributed by atoms with E-state index in [2.05, 4.69) is 9.44 Å². The number of nitrogens with one attached hydrogen (secondary N) is 2. The average Bonchev–Trinajstić information content (AvgIpc) is 2.29. The molecule has 0 atom stereocenters. The van der Waals surface area contributed by atoms with E-state index < -0.39 is 10.2 Å². The van der Waals surface area contributed by atoms with Crippen LogP contribution in [0.3, 0.4) is 0 Å². The molecule has 2 N–H and O–H groups in total. The lowest BCUT2D eigenvalue weighted by Gasteiger charge is -2.08. The van der Waals surface area contributed by atoms with Gasteiger partial charge in [0.1, 0.15) is 0 Å². The molecule has 0 aliphatic rings. The predicted octanol–water partition coefficient (Wildman–Crippen LogP) is 1.41. The van der Waals surface area contributed by atoms with Crippen LogP contribution in [-0.4, -0.2) is 15.0 Å². The highest BCUT2D eigenvalue weighted by molar-refractivity contribution is 7.90. The lowest BCUT2D eigenvalue weighted by atomic mass is 10.1. The summed E-state index contributed by atoms with van der Waals surface area (Å²) in [5.41, 5.74) is 1.34. The summed E-state index contributed by atoms with van der Waals surface area (Å²) >= 11 is 0. The molecule has 92 valence electrons. The third-order valence-electron chi connectivity index (χ3n) is 2.03. The zero-order valence-corrected chi connectivity index (χ0v) is 10.4. The van der Waals surface area contributed by atoms with Crippen molar-refractivity contribution in [1.29, 1.82) is 5.26 Å². The Kier molecular flexibility index (Phi) is 4.94. The summed E-state index contributed by atoms with van der Waals surface area (Å²) in [6, 6.07) is 8.75. The molecule has 1 rings (SSSR count). The van der Waals surface area contributed by atoms with Crippen molar-refractivity contribution in [3.8, 4) is 6.07 Å². The molecular formula is C11H15N3O2S. The smallest absolute Gasteiger partial charge is 0.271 e. The third-order valence-corrected chi connectivity index (χ3v) is 3.12. The van der Waals surface area contributed by atoms with Crippen LogP contribution in [0.15, 0.2) is 24.3 Å². The van der Waals surface area contributed by atoms with Crippen LogP contribution in [0.2, 0.25) is 0 Å². The van der Waals surface area contributed by atoms with E-state index in [1.165, 1.54) is 0 Å². The molecule has 0 saturated heterocycles. The Balaban J connectivity index is 2.66. The first-order valence-corrected chi connectivity index (χ1v) is 6.79. The van der Waals surface area contributed by atoms with E-state index in [1.807, 2.05) is 13.0 Å². The fourth-order valence-corrected chi connectivity index (χ4v) is 2.20. The summed E-state index contributed by atoms with van der Waals surface area (Å²) in [6.07, 6.45) is 1.06. The fourth-order valence-electron chi connectivity index (χ4n) is 1.21. The molecule has 0 aromatic heterocycles. The second kappa shape index (κ2) is 6.23. The van der Waals surface area contributed by atoms with Gasteiger partial charge in [-0.3, -0.25) is 4.72 Å². The number of hydrogen-bond donors (Lipinski definition) is 2. The van der Waals surface area contributed by atoms with E-state index >= 15 is 0 Å². The zero-order valence-electron chi connectivity index (χ0n) is 9.60. The lowest BCUT2D eigenvalue weighted by Crippen LogP contribution is -2.30. The molecule has 0 unspecified atom stereocenters. The predicted molar refractivity (Wildman–Crippen MR) is 66.6 cm³/mol. The van der Waals surface area contributed by atoms with Gasteiger partial charge in [0, 0.05) is 12.2 Å². The fraction of sp³-hybridized carbons (Fsp3) is 0.364. The van der Waals surface area contributed by atoms with Crippen LogP contribution in [0.4, 0.5) is 5.69 Å². The number of nitriles is 1. The van der Waals surface area contributed by atoms with E-state index in [1.54, 1.807) is 24.3 Å². The van der Waals surface area contributed by atoms with E-state index in [0.717, 1.165) is 12.0 Å². The van der Waals surface area contributed by atoms with Gasteiger partial charge in [-0.25, -0.2) is 0 Å². The standard InChI is InChI=1S/C11H15N3O2S/c1-2-9-13-17(15,16)14-11-5-3-10(4-6-11)7-8-12/h3-6,13-14H,2,7,9H2,1H3. The second-order valence-corrected chi connectivity index (χ2v) is 5.03. The maximum absolute atomic E-state index is 11.5. The number of rotatable bonds is 6. The van der Waals surface area contributed by atoms with Gasteiger partial charge in [-0.1, -0.05) is 19.1 Å². The quantitative estimate of drug-likeness (QED) is 0.804.